The van der Waals surface area contributed by atoms with Gasteiger partial charge < -0.3 is 5.11 Å². The number of hydrogen-bond acceptors (Lipinski definition) is 5. The molecule has 0 saturated heterocycles. The number of nitrogens with zero attached hydrogens (tertiary/aromatic N) is 3. The predicted molar refractivity (Wildman–Crippen MR) is 103 cm³/mol. The van der Waals surface area contributed by atoms with Gasteiger partial charge in [0, 0.05) is 23.6 Å². The lowest BCUT2D eigenvalue weighted by Crippen LogP contribution is -2.47. The molecule has 3 rings (SSSR count). The van der Waals surface area contributed by atoms with Crippen molar-refractivity contribution in [2.24, 2.45) is 5.11 Å². The van der Waals surface area contributed by atoms with E-state index in [1.54, 1.807) is 19.1 Å². The summed E-state index contributed by atoms with van der Waals surface area (Å²) in [6.07, 6.45) is -0.964. The van der Waals surface area contributed by atoms with Gasteiger partial charge in [-0.15, -0.1) is 0 Å². The van der Waals surface area contributed by atoms with Gasteiger partial charge >= 0.3 is 0 Å². The molecule has 2 aromatic carbocycles. The van der Waals surface area contributed by atoms with Crippen molar-refractivity contribution in [2.75, 3.05) is 17.4 Å². The molecule has 0 amide bonds. The van der Waals surface area contributed by atoms with Gasteiger partial charge in [0.05, 0.1) is 10.6 Å². The van der Waals surface area contributed by atoms with E-state index in [-0.39, 0.29) is 15.6 Å². The Bertz CT molecular complexity index is 1090. The largest absolute Gasteiger partial charge is 0.377 e. The van der Waals surface area contributed by atoms with Gasteiger partial charge in [0.2, 0.25) is 4.91 Å². The molecule has 0 aliphatic carbocycles. The first-order chi connectivity index (χ1) is 13.5. The first-order valence-corrected chi connectivity index (χ1v) is 10.4. The number of aryl methyl sites for hydroxylation is 1. The van der Waals surface area contributed by atoms with Gasteiger partial charge in [-0.25, -0.2) is 17.2 Å². The van der Waals surface area contributed by atoms with Crippen molar-refractivity contribution in [3.63, 3.8) is 0 Å². The molecule has 154 valence electrons. The van der Waals surface area contributed by atoms with E-state index >= 15 is 0 Å². The highest BCUT2D eigenvalue weighted by molar-refractivity contribution is 7.92. The van der Waals surface area contributed by atoms with Crippen LogP contribution in [0.3, 0.4) is 0 Å². The average Bonchev–Trinajstić information content (AvgIpc) is 2.74. The summed E-state index contributed by atoms with van der Waals surface area (Å²) < 4.78 is 57.3. The molecule has 1 aliphatic rings. The average molecular weight is 444 g/mol. The smallest absolute Gasteiger partial charge is 0.284 e. The molecular formula is C18H18ClF2N4O3S+. The molecule has 0 bridgehead atoms. The van der Waals surface area contributed by atoms with Crippen LogP contribution in [0.2, 0.25) is 5.02 Å². The molecule has 2 N–H and O–H groups in total. The normalized spacial score (nSPS) is 21.1. The van der Waals surface area contributed by atoms with Crippen LogP contribution >= 0.6 is 11.6 Å². The van der Waals surface area contributed by atoms with Crippen molar-refractivity contribution >= 4 is 27.3 Å². The second kappa shape index (κ2) is 7.46. The zero-order valence-corrected chi connectivity index (χ0v) is 16.9. The maximum absolute atomic E-state index is 15.0. The summed E-state index contributed by atoms with van der Waals surface area (Å²) in [5, 5.41) is 14.2. The molecule has 29 heavy (non-hydrogen) atoms. The molecule has 1 atom stereocenters. The number of nitrogens with one attached hydrogen (secondary N) is 1. The van der Waals surface area contributed by atoms with Crippen molar-refractivity contribution in [1.29, 1.82) is 5.53 Å². The van der Waals surface area contributed by atoms with Gasteiger partial charge in [-0.3, -0.25) is 4.31 Å². The van der Waals surface area contributed by atoms with Gasteiger partial charge in [0.25, 0.3) is 15.9 Å². The SMILES string of the molecule is Cc1ccc(S(=O)(=O)N2CCC(F)(F)C(O)(CN=[N+]=N)c3cc(Cl)ccc32)cc1. The van der Waals surface area contributed by atoms with Crippen LogP contribution in [0.4, 0.5) is 14.5 Å². The van der Waals surface area contributed by atoms with E-state index < -0.39 is 46.6 Å². The number of anilines is 1. The molecule has 1 unspecified atom stereocenters. The standard InChI is InChI=1S/C18H18ClF2N4O3S/c1-12-2-5-14(6-3-12)29(27,28)25-9-8-18(20,21)17(26,11-23-24-22)15-10-13(19)4-7-16(15)25/h2-7,10,22,26H,8-9,11H2,1H3/q+1. The van der Waals surface area contributed by atoms with Gasteiger partial charge in [-0.2, -0.15) is 0 Å². The fraction of sp³-hybridized carbons (Fsp3) is 0.333. The maximum Gasteiger partial charge on any atom is 0.284 e. The molecule has 0 fully saturated rings. The summed E-state index contributed by atoms with van der Waals surface area (Å²) in [5.41, 5.74) is 4.20. The Hall–Kier alpha value is -2.39. The quantitative estimate of drug-likeness (QED) is 0.556. The third-order valence-electron chi connectivity index (χ3n) is 4.89. The number of halogens is 3. The third kappa shape index (κ3) is 3.64. The first-order valence-electron chi connectivity index (χ1n) is 8.56. The van der Waals surface area contributed by atoms with Crippen LogP contribution in [-0.2, 0) is 15.6 Å². The second-order valence-electron chi connectivity index (χ2n) is 6.77. The minimum Gasteiger partial charge on any atom is -0.377 e. The minimum atomic E-state index is -4.19. The lowest BCUT2D eigenvalue weighted by atomic mass is 9.85. The fourth-order valence-electron chi connectivity index (χ4n) is 3.25. The summed E-state index contributed by atoms with van der Waals surface area (Å²) in [4.78, 5) is 2.64. The summed E-state index contributed by atoms with van der Waals surface area (Å²) in [7, 11) is -4.19. The summed E-state index contributed by atoms with van der Waals surface area (Å²) >= 11 is 5.97. The molecule has 2 aromatic rings. The third-order valence-corrected chi connectivity index (χ3v) is 6.95. The number of benzene rings is 2. The number of alkyl halides is 2. The van der Waals surface area contributed by atoms with E-state index in [0.29, 0.717) is 0 Å². The highest BCUT2D eigenvalue weighted by Gasteiger charge is 2.58. The Morgan fingerprint density at radius 1 is 1.28 bits per heavy atom. The van der Waals surface area contributed by atoms with Crippen molar-refractivity contribution in [3.05, 3.63) is 58.6 Å². The first kappa shape index (κ1) is 21.3. The van der Waals surface area contributed by atoms with Crippen LogP contribution in [-0.4, -0.2) is 32.5 Å². The summed E-state index contributed by atoms with van der Waals surface area (Å²) in [5.74, 6) is -3.75. The molecule has 0 radical (unpaired) electrons. The van der Waals surface area contributed by atoms with E-state index in [4.69, 9.17) is 17.1 Å². The Labute approximate surface area is 171 Å². The molecule has 1 aliphatic heterocycles. The Kier molecular flexibility index (Phi) is 5.48. The van der Waals surface area contributed by atoms with E-state index in [1.165, 1.54) is 24.3 Å². The predicted octanol–water partition coefficient (Wildman–Crippen LogP) is 3.62. The fourth-order valence-corrected chi connectivity index (χ4v) is 4.91. The van der Waals surface area contributed by atoms with E-state index in [0.717, 1.165) is 15.9 Å². The summed E-state index contributed by atoms with van der Waals surface area (Å²) in [6.45, 7) is 0.300. The van der Waals surface area contributed by atoms with Crippen LogP contribution in [0, 0.1) is 12.5 Å². The van der Waals surface area contributed by atoms with Gasteiger partial charge in [-0.05, 0) is 37.3 Å². The van der Waals surface area contributed by atoms with Crippen LogP contribution in [0.1, 0.15) is 17.5 Å². The minimum absolute atomic E-state index is 0.0374. The Balaban J connectivity index is 2.25. The van der Waals surface area contributed by atoms with E-state index in [2.05, 4.69) is 10.0 Å². The molecular weight excluding hydrogens is 426 g/mol. The van der Waals surface area contributed by atoms with E-state index in [9.17, 15) is 22.3 Å². The van der Waals surface area contributed by atoms with Gasteiger partial charge in [-0.1, -0.05) is 29.3 Å². The number of sulfonamides is 1. The monoisotopic (exact) mass is 443 g/mol. The van der Waals surface area contributed by atoms with Crippen LogP contribution in [0.25, 0.3) is 0 Å². The van der Waals surface area contributed by atoms with E-state index in [1.807, 2.05) is 0 Å². The lowest BCUT2D eigenvalue weighted by molar-refractivity contribution is -0.182. The molecule has 7 nitrogen and oxygen atoms in total. The number of aliphatic hydroxyl groups is 1. The van der Waals surface area contributed by atoms with Crippen molar-refractivity contribution in [2.45, 2.75) is 29.8 Å². The Morgan fingerprint density at radius 2 is 1.93 bits per heavy atom. The molecule has 0 spiro atoms. The molecule has 0 aromatic heterocycles. The second-order valence-corrected chi connectivity index (χ2v) is 9.06. The zero-order valence-electron chi connectivity index (χ0n) is 15.3. The number of rotatable bonds is 4. The van der Waals surface area contributed by atoms with Crippen molar-refractivity contribution < 1.29 is 22.3 Å². The topological polar surface area (TPSA) is 108 Å². The molecule has 0 saturated carbocycles. The highest BCUT2D eigenvalue weighted by Crippen LogP contribution is 2.48. The molecule has 11 heteroatoms. The van der Waals surface area contributed by atoms with Gasteiger partial charge in [0.1, 0.15) is 10.6 Å². The Morgan fingerprint density at radius 3 is 2.55 bits per heavy atom. The highest BCUT2D eigenvalue weighted by atomic mass is 35.5. The maximum atomic E-state index is 15.0. The van der Waals surface area contributed by atoms with Crippen LogP contribution < -0.4 is 9.22 Å². The van der Waals surface area contributed by atoms with Crippen LogP contribution in [0.15, 0.2) is 52.5 Å². The lowest BCUT2D eigenvalue weighted by Gasteiger charge is -2.32. The van der Waals surface area contributed by atoms with Crippen molar-refractivity contribution in [3.8, 4) is 0 Å². The van der Waals surface area contributed by atoms with Crippen LogP contribution in [0.5, 0.6) is 0 Å². The summed E-state index contributed by atoms with van der Waals surface area (Å²) in [6, 6.07) is 9.71. The number of fused-ring (bicyclic) bond motifs is 1. The molecule has 1 heterocycles. The zero-order chi connectivity index (χ0) is 21.4. The number of hydrogen-bond donors (Lipinski definition) is 2. The van der Waals surface area contributed by atoms with Crippen molar-refractivity contribution in [1.82, 2.24) is 4.91 Å². The van der Waals surface area contributed by atoms with Gasteiger partial charge in [0.15, 0.2) is 12.1 Å².